The third-order valence-corrected chi connectivity index (χ3v) is 3.33. The molecule has 98 valence electrons. The van der Waals surface area contributed by atoms with Gasteiger partial charge in [0, 0.05) is 19.3 Å². The van der Waals surface area contributed by atoms with Gasteiger partial charge in [0.1, 0.15) is 6.54 Å². The molecule has 0 saturated carbocycles. The Hall–Kier alpha value is -1.92. The summed E-state index contributed by atoms with van der Waals surface area (Å²) in [5.74, 6) is -0.964. The minimum atomic E-state index is -0.847. The van der Waals surface area contributed by atoms with Gasteiger partial charge in [-0.2, -0.15) is 0 Å². The summed E-state index contributed by atoms with van der Waals surface area (Å²) in [6.07, 6.45) is 4.43. The van der Waals surface area contributed by atoms with E-state index in [9.17, 15) is 14.7 Å². The molecule has 1 aromatic rings. The number of hydrogen-bond donors (Lipinski definition) is 1. The van der Waals surface area contributed by atoms with Crippen LogP contribution in [0, 0.1) is 5.41 Å². The number of carboxylic acids is 1. The van der Waals surface area contributed by atoms with E-state index in [1.165, 1.54) is 10.9 Å². The molecular formula is C11H16N4O3. The molecule has 7 heteroatoms. The first-order valence-electron chi connectivity index (χ1n) is 5.86. The van der Waals surface area contributed by atoms with Gasteiger partial charge in [-0.15, -0.1) is 5.10 Å². The topological polar surface area (TPSA) is 88.3 Å². The lowest BCUT2D eigenvalue weighted by molar-refractivity contribution is -0.153. The van der Waals surface area contributed by atoms with E-state index < -0.39 is 11.4 Å². The Morgan fingerprint density at radius 1 is 1.50 bits per heavy atom. The van der Waals surface area contributed by atoms with E-state index in [0.717, 1.165) is 0 Å². The molecule has 1 aromatic heterocycles. The molecule has 1 amide bonds. The van der Waals surface area contributed by atoms with E-state index in [-0.39, 0.29) is 19.0 Å². The van der Waals surface area contributed by atoms with Crippen LogP contribution in [0.15, 0.2) is 12.4 Å². The maximum absolute atomic E-state index is 12.0. The molecule has 0 radical (unpaired) electrons. The van der Waals surface area contributed by atoms with Crippen LogP contribution in [0.1, 0.15) is 19.8 Å². The molecule has 1 aliphatic heterocycles. The first kappa shape index (κ1) is 12.5. The lowest BCUT2D eigenvalue weighted by Gasteiger charge is -2.37. The molecule has 1 saturated heterocycles. The number of likely N-dealkylation sites (tertiary alicyclic amines) is 1. The number of rotatable bonds is 3. The quantitative estimate of drug-likeness (QED) is 0.817. The van der Waals surface area contributed by atoms with Crippen LogP contribution in [0.25, 0.3) is 0 Å². The maximum atomic E-state index is 12.0. The van der Waals surface area contributed by atoms with Gasteiger partial charge in [-0.3, -0.25) is 9.59 Å². The van der Waals surface area contributed by atoms with Crippen LogP contribution in [0.2, 0.25) is 0 Å². The van der Waals surface area contributed by atoms with Gasteiger partial charge in [-0.05, 0) is 19.8 Å². The Balaban J connectivity index is 2.00. The van der Waals surface area contributed by atoms with Crippen LogP contribution in [0.5, 0.6) is 0 Å². The van der Waals surface area contributed by atoms with Gasteiger partial charge in [0.05, 0.1) is 11.6 Å². The monoisotopic (exact) mass is 252 g/mol. The highest BCUT2D eigenvalue weighted by molar-refractivity contribution is 5.79. The zero-order chi connectivity index (χ0) is 13.2. The van der Waals surface area contributed by atoms with E-state index in [2.05, 4.69) is 10.3 Å². The van der Waals surface area contributed by atoms with Crippen molar-refractivity contribution < 1.29 is 14.7 Å². The molecular weight excluding hydrogens is 236 g/mol. The highest BCUT2D eigenvalue weighted by atomic mass is 16.4. The molecule has 1 fully saturated rings. The second-order valence-electron chi connectivity index (χ2n) is 4.89. The van der Waals surface area contributed by atoms with Gasteiger partial charge in [0.25, 0.3) is 0 Å². The molecule has 0 aliphatic carbocycles. The van der Waals surface area contributed by atoms with Crippen molar-refractivity contribution in [2.24, 2.45) is 5.41 Å². The molecule has 0 bridgehead atoms. The van der Waals surface area contributed by atoms with Crippen molar-refractivity contribution >= 4 is 11.9 Å². The molecule has 1 atom stereocenters. The molecule has 1 aliphatic rings. The average Bonchev–Trinajstić information content (AvgIpc) is 2.81. The summed E-state index contributed by atoms with van der Waals surface area (Å²) in [6.45, 7) is 2.66. The van der Waals surface area contributed by atoms with Crippen molar-refractivity contribution in [3.05, 3.63) is 12.4 Å². The van der Waals surface area contributed by atoms with Crippen LogP contribution in [-0.4, -0.2) is 50.0 Å². The smallest absolute Gasteiger partial charge is 0.311 e. The number of piperidine rings is 1. The molecule has 1 N–H and O–H groups in total. The fraction of sp³-hybridized carbons (Fsp3) is 0.636. The molecule has 1 unspecified atom stereocenters. The largest absolute Gasteiger partial charge is 0.481 e. The minimum Gasteiger partial charge on any atom is -0.481 e. The second kappa shape index (κ2) is 4.75. The van der Waals surface area contributed by atoms with Crippen LogP contribution in [-0.2, 0) is 16.1 Å². The third-order valence-electron chi connectivity index (χ3n) is 3.33. The highest BCUT2D eigenvalue weighted by Gasteiger charge is 2.39. The average molecular weight is 252 g/mol. The van der Waals surface area contributed by atoms with Crippen molar-refractivity contribution in [2.75, 3.05) is 13.1 Å². The summed E-state index contributed by atoms with van der Waals surface area (Å²) in [6, 6.07) is 0. The Kier molecular flexibility index (Phi) is 3.31. The number of carbonyl (C=O) groups excluding carboxylic acids is 1. The zero-order valence-electron chi connectivity index (χ0n) is 10.2. The van der Waals surface area contributed by atoms with Gasteiger partial charge in [-0.1, -0.05) is 5.21 Å². The van der Waals surface area contributed by atoms with E-state index in [0.29, 0.717) is 19.4 Å². The zero-order valence-corrected chi connectivity index (χ0v) is 10.2. The van der Waals surface area contributed by atoms with Crippen LogP contribution in [0.4, 0.5) is 0 Å². The van der Waals surface area contributed by atoms with Crippen molar-refractivity contribution in [1.82, 2.24) is 19.9 Å². The normalized spacial score (nSPS) is 23.9. The first-order chi connectivity index (χ1) is 8.51. The fourth-order valence-corrected chi connectivity index (χ4v) is 2.18. The van der Waals surface area contributed by atoms with Gasteiger partial charge in [-0.25, -0.2) is 4.68 Å². The lowest BCUT2D eigenvalue weighted by Crippen LogP contribution is -2.49. The SMILES string of the molecule is CC1(C(=O)O)CCCN(C(=O)Cn2ccnn2)C1. The third kappa shape index (κ3) is 2.49. The number of carbonyl (C=O) groups is 2. The summed E-state index contributed by atoms with van der Waals surface area (Å²) < 4.78 is 1.44. The van der Waals surface area contributed by atoms with Crippen LogP contribution in [0.3, 0.4) is 0 Å². The number of nitrogens with zero attached hydrogens (tertiary/aromatic N) is 4. The summed E-state index contributed by atoms with van der Waals surface area (Å²) in [5, 5.41) is 16.5. The number of hydrogen-bond acceptors (Lipinski definition) is 4. The Morgan fingerprint density at radius 2 is 2.28 bits per heavy atom. The molecule has 7 nitrogen and oxygen atoms in total. The van der Waals surface area contributed by atoms with E-state index in [1.54, 1.807) is 18.0 Å². The van der Waals surface area contributed by atoms with E-state index in [4.69, 9.17) is 0 Å². The van der Waals surface area contributed by atoms with Crippen molar-refractivity contribution in [1.29, 1.82) is 0 Å². The van der Waals surface area contributed by atoms with Gasteiger partial charge < -0.3 is 10.0 Å². The van der Waals surface area contributed by atoms with Gasteiger partial charge >= 0.3 is 5.97 Å². The van der Waals surface area contributed by atoms with E-state index in [1.807, 2.05) is 0 Å². The predicted octanol–water partition coefficient (Wildman–Crippen LogP) is -0.00860. The maximum Gasteiger partial charge on any atom is 0.311 e. The second-order valence-corrected chi connectivity index (χ2v) is 4.89. The summed E-state index contributed by atoms with van der Waals surface area (Å²) >= 11 is 0. The fourth-order valence-electron chi connectivity index (χ4n) is 2.18. The molecule has 2 heterocycles. The van der Waals surface area contributed by atoms with Crippen molar-refractivity contribution in [3.8, 4) is 0 Å². The Labute approximate surface area is 104 Å². The summed E-state index contributed by atoms with van der Waals surface area (Å²) in [7, 11) is 0. The Bertz CT molecular complexity index is 445. The van der Waals surface area contributed by atoms with E-state index >= 15 is 0 Å². The molecule has 0 spiro atoms. The molecule has 2 rings (SSSR count). The van der Waals surface area contributed by atoms with Gasteiger partial charge in [0.15, 0.2) is 0 Å². The Morgan fingerprint density at radius 3 is 2.89 bits per heavy atom. The number of amides is 1. The summed E-state index contributed by atoms with van der Waals surface area (Å²) in [4.78, 5) is 24.8. The number of carboxylic acid groups (broad SMARTS) is 1. The minimum absolute atomic E-state index is 0.107. The van der Waals surface area contributed by atoms with Crippen LogP contribution < -0.4 is 0 Å². The predicted molar refractivity (Wildman–Crippen MR) is 61.6 cm³/mol. The number of aliphatic carboxylic acids is 1. The number of aromatic nitrogens is 3. The molecule has 0 aromatic carbocycles. The van der Waals surface area contributed by atoms with Gasteiger partial charge in [0.2, 0.25) is 5.91 Å². The summed E-state index contributed by atoms with van der Waals surface area (Å²) in [5.41, 5.74) is -0.837. The lowest BCUT2D eigenvalue weighted by atomic mass is 9.82. The standard InChI is InChI=1S/C11H16N4O3/c1-11(10(17)18)3-2-5-14(8-11)9(16)7-15-6-4-12-13-15/h4,6H,2-3,5,7-8H2,1H3,(H,17,18). The first-order valence-corrected chi connectivity index (χ1v) is 5.86. The van der Waals surface area contributed by atoms with Crippen molar-refractivity contribution in [3.63, 3.8) is 0 Å². The van der Waals surface area contributed by atoms with Crippen LogP contribution >= 0.6 is 0 Å². The molecule has 18 heavy (non-hydrogen) atoms. The van der Waals surface area contributed by atoms with Crippen molar-refractivity contribution in [2.45, 2.75) is 26.3 Å². The highest BCUT2D eigenvalue weighted by Crippen LogP contribution is 2.29.